The number of rotatable bonds is 3. The summed E-state index contributed by atoms with van der Waals surface area (Å²) in [6.07, 6.45) is 4.63. The number of morpholine rings is 1. The van der Waals surface area contributed by atoms with Crippen LogP contribution in [0.25, 0.3) is 11.4 Å². The summed E-state index contributed by atoms with van der Waals surface area (Å²) in [5, 5.41) is 0.514. The molecule has 1 aliphatic heterocycles. The Labute approximate surface area is 162 Å². The van der Waals surface area contributed by atoms with Crippen molar-refractivity contribution >= 4 is 23.5 Å². The second kappa shape index (κ2) is 6.28. The molecule has 2 heterocycles. The van der Waals surface area contributed by atoms with Gasteiger partial charge < -0.3 is 15.4 Å². The third-order valence-corrected chi connectivity index (χ3v) is 5.54. The molecule has 1 saturated carbocycles. The van der Waals surface area contributed by atoms with Gasteiger partial charge in [-0.2, -0.15) is 4.98 Å². The zero-order chi connectivity index (χ0) is 19.2. The van der Waals surface area contributed by atoms with Gasteiger partial charge in [0.25, 0.3) is 0 Å². The van der Waals surface area contributed by atoms with Crippen LogP contribution >= 0.6 is 11.6 Å². The molecule has 0 radical (unpaired) electrons. The molecule has 140 valence electrons. The van der Waals surface area contributed by atoms with Crippen LogP contribution in [0.1, 0.15) is 25.3 Å². The summed E-state index contributed by atoms with van der Waals surface area (Å²) in [6.45, 7) is 6.55. The Morgan fingerprint density at radius 3 is 2.81 bits per heavy atom. The van der Waals surface area contributed by atoms with Gasteiger partial charge in [0.15, 0.2) is 5.82 Å². The number of aromatic nitrogens is 3. The van der Waals surface area contributed by atoms with Crippen molar-refractivity contribution in [3.8, 4) is 11.4 Å². The largest absolute Gasteiger partial charge is 0.370 e. The molecule has 2 N–H and O–H groups in total. The lowest BCUT2D eigenvalue weighted by atomic mass is 9.87. The maximum Gasteiger partial charge on any atom is 0.246 e. The quantitative estimate of drug-likeness (QED) is 0.816. The van der Waals surface area contributed by atoms with Crippen molar-refractivity contribution in [3.05, 3.63) is 47.8 Å². The number of nitrogens with two attached hydrogens (primary N) is 1. The van der Waals surface area contributed by atoms with E-state index in [4.69, 9.17) is 22.1 Å². The van der Waals surface area contributed by atoms with E-state index in [1.807, 2.05) is 24.0 Å². The average molecular weight is 386 g/mol. The number of carbonyl (C=O) groups is 1. The number of ether oxygens (including phenoxy) is 1. The Morgan fingerprint density at radius 1 is 1.37 bits per heavy atom. The maximum absolute atomic E-state index is 12.6. The van der Waals surface area contributed by atoms with E-state index in [0.717, 1.165) is 18.4 Å². The minimum Gasteiger partial charge on any atom is -0.370 e. The predicted molar refractivity (Wildman–Crippen MR) is 102 cm³/mol. The molecule has 2 fully saturated rings. The molecule has 1 aromatic carbocycles. The number of amides is 1. The first-order valence-corrected chi connectivity index (χ1v) is 9.07. The standard InChI is InChI=1S/C19H20ClN5O2/c1-3-15(26)25-9-19(4-5-19)27-10-18(25,2)13-6-12(7-14(20)8-13)16-22-11-23-17(21)24-16/h3,6-8,11H,1,4-5,9-10H2,2H3,(H2,21,22,23,24). The molecule has 8 heteroatoms. The van der Waals surface area contributed by atoms with Crippen molar-refractivity contribution in [3.63, 3.8) is 0 Å². The maximum atomic E-state index is 12.6. The highest BCUT2D eigenvalue weighted by Crippen LogP contribution is 2.48. The van der Waals surface area contributed by atoms with Crippen LogP contribution in [0.15, 0.2) is 37.2 Å². The fraction of sp³-hybridized carbons (Fsp3) is 0.368. The van der Waals surface area contributed by atoms with Crippen LogP contribution in [0, 0.1) is 0 Å². The molecule has 1 aliphatic carbocycles. The summed E-state index contributed by atoms with van der Waals surface area (Å²) in [4.78, 5) is 26.6. The molecule has 2 aliphatic rings. The van der Waals surface area contributed by atoms with Gasteiger partial charge in [-0.25, -0.2) is 9.97 Å². The number of anilines is 1. The molecule has 0 bridgehead atoms. The third-order valence-electron chi connectivity index (χ3n) is 5.32. The van der Waals surface area contributed by atoms with Gasteiger partial charge in [-0.1, -0.05) is 18.2 Å². The molecule has 4 rings (SSSR count). The first kappa shape index (κ1) is 17.9. The lowest BCUT2D eigenvalue weighted by molar-refractivity contribution is -0.157. The fourth-order valence-corrected chi connectivity index (χ4v) is 3.71. The molecule has 27 heavy (non-hydrogen) atoms. The molecular formula is C19H20ClN5O2. The van der Waals surface area contributed by atoms with Gasteiger partial charge in [0.2, 0.25) is 11.9 Å². The van der Waals surface area contributed by atoms with Crippen LogP contribution in [0.5, 0.6) is 0 Å². The van der Waals surface area contributed by atoms with Gasteiger partial charge in [-0.15, -0.1) is 0 Å². The first-order valence-electron chi connectivity index (χ1n) is 8.69. The molecule has 1 spiro atoms. The summed E-state index contributed by atoms with van der Waals surface area (Å²) in [5.74, 6) is 0.428. The Bertz CT molecular complexity index is 930. The van der Waals surface area contributed by atoms with E-state index < -0.39 is 5.54 Å². The number of carbonyl (C=O) groups excluding carboxylic acids is 1. The minimum atomic E-state index is -0.683. The molecule has 1 saturated heterocycles. The Hall–Kier alpha value is -2.51. The van der Waals surface area contributed by atoms with Gasteiger partial charge in [0.05, 0.1) is 24.3 Å². The molecule has 1 aromatic heterocycles. The summed E-state index contributed by atoms with van der Waals surface area (Å²) < 4.78 is 6.14. The molecule has 1 atom stereocenters. The number of halogens is 1. The number of nitrogens with zero attached hydrogens (tertiary/aromatic N) is 4. The summed E-state index contributed by atoms with van der Waals surface area (Å²) >= 11 is 6.38. The smallest absolute Gasteiger partial charge is 0.246 e. The zero-order valence-corrected chi connectivity index (χ0v) is 15.7. The van der Waals surface area contributed by atoms with Crippen LogP contribution in [-0.2, 0) is 15.1 Å². The van der Waals surface area contributed by atoms with E-state index in [-0.39, 0.29) is 17.5 Å². The lowest BCUT2D eigenvalue weighted by Gasteiger charge is -2.48. The van der Waals surface area contributed by atoms with Crippen LogP contribution < -0.4 is 5.73 Å². The zero-order valence-electron chi connectivity index (χ0n) is 15.0. The molecule has 2 aromatic rings. The van der Waals surface area contributed by atoms with E-state index in [1.54, 1.807) is 6.07 Å². The number of benzene rings is 1. The van der Waals surface area contributed by atoms with Gasteiger partial charge in [-0.05, 0) is 49.6 Å². The van der Waals surface area contributed by atoms with Gasteiger partial charge in [0.1, 0.15) is 6.33 Å². The highest BCUT2D eigenvalue weighted by atomic mass is 35.5. The number of hydrogen-bond donors (Lipinski definition) is 1. The molecule has 1 unspecified atom stereocenters. The molecular weight excluding hydrogens is 366 g/mol. The van der Waals surface area contributed by atoms with Crippen molar-refractivity contribution < 1.29 is 9.53 Å². The average Bonchev–Trinajstić information content (AvgIpc) is 3.42. The SMILES string of the molecule is C=CC(=O)N1CC2(CC2)OCC1(C)c1cc(Cl)cc(-c2ncnc(N)n2)c1. The van der Waals surface area contributed by atoms with Crippen LogP contribution in [-0.4, -0.2) is 44.5 Å². The van der Waals surface area contributed by atoms with E-state index in [2.05, 4.69) is 21.5 Å². The van der Waals surface area contributed by atoms with E-state index in [1.165, 1.54) is 12.4 Å². The normalized spacial score (nSPS) is 23.3. The van der Waals surface area contributed by atoms with Crippen molar-refractivity contribution in [1.29, 1.82) is 0 Å². The minimum absolute atomic E-state index is 0.127. The summed E-state index contributed by atoms with van der Waals surface area (Å²) in [6, 6.07) is 5.51. The first-order chi connectivity index (χ1) is 12.8. The highest BCUT2D eigenvalue weighted by molar-refractivity contribution is 6.31. The van der Waals surface area contributed by atoms with Crippen LogP contribution in [0.4, 0.5) is 5.95 Å². The monoisotopic (exact) mass is 385 g/mol. The van der Waals surface area contributed by atoms with Crippen molar-refractivity contribution in [2.45, 2.75) is 30.9 Å². The number of hydrogen-bond acceptors (Lipinski definition) is 6. The van der Waals surface area contributed by atoms with E-state index in [9.17, 15) is 4.79 Å². The third kappa shape index (κ3) is 3.17. The van der Waals surface area contributed by atoms with Crippen molar-refractivity contribution in [2.24, 2.45) is 0 Å². The van der Waals surface area contributed by atoms with Crippen molar-refractivity contribution in [2.75, 3.05) is 18.9 Å². The van der Waals surface area contributed by atoms with Gasteiger partial charge in [0, 0.05) is 10.6 Å². The van der Waals surface area contributed by atoms with E-state index >= 15 is 0 Å². The van der Waals surface area contributed by atoms with Crippen molar-refractivity contribution in [1.82, 2.24) is 19.9 Å². The van der Waals surface area contributed by atoms with Gasteiger partial charge >= 0.3 is 0 Å². The highest BCUT2D eigenvalue weighted by Gasteiger charge is 2.54. The van der Waals surface area contributed by atoms with Gasteiger partial charge in [-0.3, -0.25) is 4.79 Å². The Kier molecular flexibility index (Phi) is 4.16. The van der Waals surface area contributed by atoms with E-state index in [0.29, 0.717) is 29.6 Å². The lowest BCUT2D eigenvalue weighted by Crippen LogP contribution is -2.58. The van der Waals surface area contributed by atoms with Crippen LogP contribution in [0.3, 0.4) is 0 Å². The second-order valence-electron chi connectivity index (χ2n) is 7.27. The number of nitrogen functional groups attached to an aromatic ring is 1. The second-order valence-corrected chi connectivity index (χ2v) is 7.71. The topological polar surface area (TPSA) is 94.2 Å². The van der Waals surface area contributed by atoms with Crippen LogP contribution in [0.2, 0.25) is 5.02 Å². The predicted octanol–water partition coefficient (Wildman–Crippen LogP) is 2.57. The Morgan fingerprint density at radius 2 is 2.15 bits per heavy atom. The molecule has 7 nitrogen and oxygen atoms in total. The summed E-state index contributed by atoms with van der Waals surface area (Å²) in [7, 11) is 0. The Balaban J connectivity index is 1.78. The fourth-order valence-electron chi connectivity index (χ4n) is 3.47. The molecule has 1 amide bonds. The summed E-state index contributed by atoms with van der Waals surface area (Å²) in [5.41, 5.74) is 6.33.